The smallest absolute Gasteiger partial charge is 0.287 e. The Hall–Kier alpha value is -2.01. The number of halogens is 1. The first kappa shape index (κ1) is 14.4. The molecule has 1 aromatic heterocycles. The van der Waals surface area contributed by atoms with Crippen LogP contribution in [0.2, 0.25) is 5.02 Å². The first-order chi connectivity index (χ1) is 9.52. The molecule has 2 rings (SSSR count). The first-order valence-corrected chi connectivity index (χ1v) is 6.78. The summed E-state index contributed by atoms with van der Waals surface area (Å²) in [5, 5.41) is 7.40. The maximum Gasteiger partial charge on any atom is 0.287 e. The summed E-state index contributed by atoms with van der Waals surface area (Å²) in [5.74, 6) is 0. The Bertz CT molecular complexity index is 651. The van der Waals surface area contributed by atoms with Crippen LogP contribution in [-0.2, 0) is 6.54 Å². The van der Waals surface area contributed by atoms with Gasteiger partial charge in [0.2, 0.25) is 0 Å². The van der Waals surface area contributed by atoms with Crippen molar-refractivity contribution in [1.29, 1.82) is 0 Å². The largest absolute Gasteiger partial charge is 0.399 e. The molecule has 1 atom stereocenters. The summed E-state index contributed by atoms with van der Waals surface area (Å²) in [5.41, 5.74) is 7.67. The number of nitrogens with one attached hydrogen (secondary N) is 1. The Kier molecular flexibility index (Phi) is 4.29. The van der Waals surface area contributed by atoms with Gasteiger partial charge < -0.3 is 11.1 Å². The molecule has 2 aromatic rings. The second kappa shape index (κ2) is 5.96. The standard InChI is InChI=1S/C14H17ClN4O/c1-3-19-14(20)13(15)12(8-17-19)18-9(2)10-4-6-11(16)7-5-10/h4-9,18H,3,16H2,1-2H3. The molecule has 0 bridgehead atoms. The number of nitrogen functional groups attached to an aromatic ring is 1. The van der Waals surface area contributed by atoms with Crippen LogP contribution in [0.1, 0.15) is 25.5 Å². The lowest BCUT2D eigenvalue weighted by Crippen LogP contribution is -2.23. The number of rotatable bonds is 4. The fraction of sp³-hybridized carbons (Fsp3) is 0.286. The van der Waals surface area contributed by atoms with Crippen LogP contribution in [0.3, 0.4) is 0 Å². The summed E-state index contributed by atoms with van der Waals surface area (Å²) in [6, 6.07) is 7.53. The van der Waals surface area contributed by atoms with Crippen LogP contribution in [0.5, 0.6) is 0 Å². The molecule has 1 heterocycles. The molecule has 0 aliphatic carbocycles. The van der Waals surface area contributed by atoms with Crippen molar-refractivity contribution in [2.45, 2.75) is 26.4 Å². The van der Waals surface area contributed by atoms with Crippen LogP contribution in [0.15, 0.2) is 35.3 Å². The van der Waals surface area contributed by atoms with Gasteiger partial charge in [-0.3, -0.25) is 4.79 Å². The average Bonchev–Trinajstić information content (AvgIpc) is 2.45. The summed E-state index contributed by atoms with van der Waals surface area (Å²) in [4.78, 5) is 11.9. The van der Waals surface area contributed by atoms with Crippen molar-refractivity contribution < 1.29 is 0 Å². The Labute approximate surface area is 122 Å². The van der Waals surface area contributed by atoms with Crippen molar-refractivity contribution >= 4 is 23.0 Å². The lowest BCUT2D eigenvalue weighted by atomic mass is 10.1. The zero-order valence-electron chi connectivity index (χ0n) is 11.4. The predicted molar refractivity (Wildman–Crippen MR) is 82.1 cm³/mol. The molecule has 3 N–H and O–H groups in total. The molecule has 0 saturated heterocycles. The van der Waals surface area contributed by atoms with Crippen molar-refractivity contribution in [3.63, 3.8) is 0 Å². The SMILES string of the molecule is CCn1ncc(NC(C)c2ccc(N)cc2)c(Cl)c1=O. The second-order valence-corrected chi connectivity index (χ2v) is 4.90. The molecule has 1 unspecified atom stereocenters. The van der Waals surface area contributed by atoms with Gasteiger partial charge in [0.15, 0.2) is 0 Å². The molecule has 0 fully saturated rings. The maximum atomic E-state index is 11.9. The third-order valence-corrected chi connectivity index (χ3v) is 3.46. The number of aromatic nitrogens is 2. The van der Waals surface area contributed by atoms with Gasteiger partial charge >= 0.3 is 0 Å². The van der Waals surface area contributed by atoms with Gasteiger partial charge in [0.1, 0.15) is 5.02 Å². The van der Waals surface area contributed by atoms with Gasteiger partial charge in [0.25, 0.3) is 5.56 Å². The van der Waals surface area contributed by atoms with Crippen LogP contribution in [0.25, 0.3) is 0 Å². The average molecular weight is 293 g/mol. The topological polar surface area (TPSA) is 72.9 Å². The third-order valence-electron chi connectivity index (χ3n) is 3.09. The zero-order valence-corrected chi connectivity index (χ0v) is 12.2. The van der Waals surface area contributed by atoms with E-state index in [1.807, 2.05) is 38.1 Å². The van der Waals surface area contributed by atoms with Crippen LogP contribution in [-0.4, -0.2) is 9.78 Å². The van der Waals surface area contributed by atoms with Gasteiger partial charge in [0.05, 0.1) is 11.9 Å². The molecule has 0 radical (unpaired) electrons. The van der Waals surface area contributed by atoms with Crippen molar-refractivity contribution in [2.24, 2.45) is 0 Å². The van der Waals surface area contributed by atoms with E-state index in [0.29, 0.717) is 17.9 Å². The molecule has 0 spiro atoms. The van der Waals surface area contributed by atoms with Crippen molar-refractivity contribution in [1.82, 2.24) is 9.78 Å². The monoisotopic (exact) mass is 292 g/mol. The Balaban J connectivity index is 2.24. The minimum atomic E-state index is -0.288. The third kappa shape index (κ3) is 2.93. The molecular formula is C14H17ClN4O. The van der Waals surface area contributed by atoms with E-state index in [0.717, 1.165) is 5.56 Å². The van der Waals surface area contributed by atoms with Gasteiger partial charge in [-0.25, -0.2) is 4.68 Å². The van der Waals surface area contributed by atoms with E-state index >= 15 is 0 Å². The van der Waals surface area contributed by atoms with E-state index in [-0.39, 0.29) is 16.6 Å². The van der Waals surface area contributed by atoms with Gasteiger partial charge in [0, 0.05) is 18.3 Å². The summed E-state index contributed by atoms with van der Waals surface area (Å²) < 4.78 is 1.32. The molecule has 106 valence electrons. The molecule has 20 heavy (non-hydrogen) atoms. The number of hydrogen-bond donors (Lipinski definition) is 2. The summed E-state index contributed by atoms with van der Waals surface area (Å²) in [6.45, 7) is 4.31. The fourth-order valence-electron chi connectivity index (χ4n) is 1.89. The Morgan fingerprint density at radius 1 is 1.40 bits per heavy atom. The lowest BCUT2D eigenvalue weighted by molar-refractivity contribution is 0.615. The summed E-state index contributed by atoms with van der Waals surface area (Å²) in [6.07, 6.45) is 1.57. The molecule has 0 saturated carbocycles. The molecule has 0 aliphatic heterocycles. The second-order valence-electron chi connectivity index (χ2n) is 4.53. The van der Waals surface area contributed by atoms with Crippen LogP contribution < -0.4 is 16.6 Å². The van der Waals surface area contributed by atoms with Gasteiger partial charge in [-0.15, -0.1) is 0 Å². The molecule has 0 aliphatic rings. The molecule has 1 aromatic carbocycles. The molecule has 0 amide bonds. The van der Waals surface area contributed by atoms with Crippen molar-refractivity contribution in [3.05, 3.63) is 51.4 Å². The summed E-state index contributed by atoms with van der Waals surface area (Å²) >= 11 is 6.08. The van der Waals surface area contributed by atoms with Crippen LogP contribution in [0, 0.1) is 0 Å². The van der Waals surface area contributed by atoms with Crippen molar-refractivity contribution in [2.75, 3.05) is 11.1 Å². The Morgan fingerprint density at radius 3 is 2.65 bits per heavy atom. The number of benzene rings is 1. The predicted octanol–water partition coefficient (Wildman–Crippen LogP) is 2.67. The number of anilines is 2. The highest BCUT2D eigenvalue weighted by Gasteiger charge is 2.12. The van der Waals surface area contributed by atoms with E-state index in [4.69, 9.17) is 17.3 Å². The zero-order chi connectivity index (χ0) is 14.7. The first-order valence-electron chi connectivity index (χ1n) is 6.40. The number of nitrogens with two attached hydrogens (primary N) is 1. The van der Waals surface area contributed by atoms with E-state index in [1.54, 1.807) is 6.20 Å². The summed E-state index contributed by atoms with van der Waals surface area (Å²) in [7, 11) is 0. The van der Waals surface area contributed by atoms with E-state index in [1.165, 1.54) is 4.68 Å². The van der Waals surface area contributed by atoms with E-state index in [2.05, 4.69) is 10.4 Å². The van der Waals surface area contributed by atoms with E-state index < -0.39 is 0 Å². The normalized spacial score (nSPS) is 12.2. The van der Waals surface area contributed by atoms with Crippen molar-refractivity contribution in [3.8, 4) is 0 Å². The molecule has 5 nitrogen and oxygen atoms in total. The number of hydrogen-bond acceptors (Lipinski definition) is 4. The highest BCUT2D eigenvalue weighted by molar-refractivity contribution is 6.32. The highest BCUT2D eigenvalue weighted by atomic mass is 35.5. The highest BCUT2D eigenvalue weighted by Crippen LogP contribution is 2.23. The number of aryl methyl sites for hydroxylation is 1. The molecule has 6 heteroatoms. The van der Waals surface area contributed by atoms with Gasteiger partial charge in [-0.05, 0) is 31.5 Å². The van der Waals surface area contributed by atoms with Crippen LogP contribution in [0.4, 0.5) is 11.4 Å². The lowest BCUT2D eigenvalue weighted by Gasteiger charge is -2.16. The quantitative estimate of drug-likeness (QED) is 0.850. The Morgan fingerprint density at radius 2 is 2.05 bits per heavy atom. The number of nitrogens with zero attached hydrogens (tertiary/aromatic N) is 2. The van der Waals surface area contributed by atoms with E-state index in [9.17, 15) is 4.79 Å². The minimum Gasteiger partial charge on any atom is -0.399 e. The van der Waals surface area contributed by atoms with Gasteiger partial charge in [-0.2, -0.15) is 5.10 Å². The van der Waals surface area contributed by atoms with Gasteiger partial charge in [-0.1, -0.05) is 23.7 Å². The fourth-order valence-corrected chi connectivity index (χ4v) is 2.09. The molecular weight excluding hydrogens is 276 g/mol. The maximum absolute atomic E-state index is 11.9. The van der Waals surface area contributed by atoms with Crippen LogP contribution >= 0.6 is 11.6 Å². The minimum absolute atomic E-state index is 0.00761.